The fourth-order valence-electron chi connectivity index (χ4n) is 2.33. The van der Waals surface area contributed by atoms with Crippen LogP contribution >= 0.6 is 0 Å². The highest BCUT2D eigenvalue weighted by Crippen LogP contribution is 2.29. The average Bonchev–Trinajstić information content (AvgIpc) is 2.70. The Kier molecular flexibility index (Phi) is 3.52. The summed E-state index contributed by atoms with van der Waals surface area (Å²) in [5.41, 5.74) is 1.84. The lowest BCUT2D eigenvalue weighted by Gasteiger charge is -2.22. The van der Waals surface area contributed by atoms with E-state index in [4.69, 9.17) is 4.74 Å². The molecule has 1 heterocycles. The van der Waals surface area contributed by atoms with Crippen molar-refractivity contribution < 1.29 is 9.66 Å². The highest BCUT2D eigenvalue weighted by atomic mass is 16.6. The van der Waals surface area contributed by atoms with Crippen molar-refractivity contribution in [2.45, 2.75) is 39.5 Å². The number of nitro groups is 1. The number of rotatable bonds is 3. The van der Waals surface area contributed by atoms with Crippen molar-refractivity contribution in [2.75, 3.05) is 11.4 Å². The van der Waals surface area contributed by atoms with E-state index < -0.39 is 0 Å². The maximum absolute atomic E-state index is 10.8. The summed E-state index contributed by atoms with van der Waals surface area (Å²) in [5.74, 6) is 0. The maximum atomic E-state index is 10.8. The van der Waals surface area contributed by atoms with Crippen molar-refractivity contribution in [1.29, 1.82) is 0 Å². The van der Waals surface area contributed by atoms with Crippen molar-refractivity contribution in [3.05, 3.63) is 33.9 Å². The minimum Gasteiger partial charge on any atom is -0.354 e. The highest BCUT2D eigenvalue weighted by molar-refractivity contribution is 5.56. The SMILES string of the molecule is CC[C@@H]1CN(c2ccc([N+](=O)[O-])c(C)c2)[C@H](C)O1. The zero-order chi connectivity index (χ0) is 13.3. The summed E-state index contributed by atoms with van der Waals surface area (Å²) < 4.78 is 5.79. The van der Waals surface area contributed by atoms with Gasteiger partial charge in [0.1, 0.15) is 6.23 Å². The molecule has 1 saturated heterocycles. The molecule has 0 N–H and O–H groups in total. The third-order valence-electron chi connectivity index (χ3n) is 3.39. The van der Waals surface area contributed by atoms with Crippen molar-refractivity contribution >= 4 is 11.4 Å². The molecular weight excluding hydrogens is 232 g/mol. The third kappa shape index (κ3) is 2.31. The second-order valence-corrected chi connectivity index (χ2v) is 4.65. The summed E-state index contributed by atoms with van der Waals surface area (Å²) in [5, 5.41) is 10.8. The van der Waals surface area contributed by atoms with Crippen LogP contribution in [0.15, 0.2) is 18.2 Å². The van der Waals surface area contributed by atoms with Crippen LogP contribution in [0.2, 0.25) is 0 Å². The Morgan fingerprint density at radius 3 is 2.78 bits per heavy atom. The number of anilines is 1. The van der Waals surface area contributed by atoms with Crippen LogP contribution in [0.3, 0.4) is 0 Å². The Hall–Kier alpha value is -1.62. The monoisotopic (exact) mass is 250 g/mol. The molecule has 0 radical (unpaired) electrons. The van der Waals surface area contributed by atoms with E-state index >= 15 is 0 Å². The van der Waals surface area contributed by atoms with Gasteiger partial charge in [-0.05, 0) is 32.4 Å². The fraction of sp³-hybridized carbons (Fsp3) is 0.538. The van der Waals surface area contributed by atoms with E-state index in [1.54, 1.807) is 19.1 Å². The van der Waals surface area contributed by atoms with E-state index in [1.807, 2.05) is 13.0 Å². The first-order valence-electron chi connectivity index (χ1n) is 6.20. The van der Waals surface area contributed by atoms with E-state index in [9.17, 15) is 10.1 Å². The minimum atomic E-state index is -0.349. The lowest BCUT2D eigenvalue weighted by molar-refractivity contribution is -0.385. The number of aryl methyl sites for hydroxylation is 1. The van der Waals surface area contributed by atoms with Gasteiger partial charge in [0.05, 0.1) is 11.0 Å². The first kappa shape index (κ1) is 12.8. The fourth-order valence-corrected chi connectivity index (χ4v) is 2.33. The number of nitro benzene ring substituents is 1. The van der Waals surface area contributed by atoms with Crippen LogP contribution in [-0.4, -0.2) is 23.8 Å². The van der Waals surface area contributed by atoms with E-state index in [2.05, 4.69) is 11.8 Å². The second-order valence-electron chi connectivity index (χ2n) is 4.65. The summed E-state index contributed by atoms with van der Waals surface area (Å²) in [6.07, 6.45) is 1.25. The van der Waals surface area contributed by atoms with Crippen molar-refractivity contribution in [3.8, 4) is 0 Å². The molecule has 98 valence electrons. The Morgan fingerprint density at radius 1 is 1.56 bits per heavy atom. The predicted molar refractivity (Wildman–Crippen MR) is 69.8 cm³/mol. The third-order valence-corrected chi connectivity index (χ3v) is 3.39. The summed E-state index contributed by atoms with van der Waals surface area (Å²) in [7, 11) is 0. The first-order chi connectivity index (χ1) is 8.52. The zero-order valence-corrected chi connectivity index (χ0v) is 10.9. The standard InChI is InChI=1S/C13H18N2O3/c1-4-12-8-14(10(3)18-12)11-5-6-13(15(16)17)9(2)7-11/h5-7,10,12H,4,8H2,1-3H3/t10-,12+/m0/s1. The molecule has 1 aromatic carbocycles. The number of benzene rings is 1. The van der Waals surface area contributed by atoms with Crippen LogP contribution in [0.4, 0.5) is 11.4 Å². The van der Waals surface area contributed by atoms with Gasteiger partial charge in [0, 0.05) is 23.9 Å². The highest BCUT2D eigenvalue weighted by Gasteiger charge is 2.29. The molecular formula is C13H18N2O3. The summed E-state index contributed by atoms with van der Waals surface area (Å²) in [4.78, 5) is 12.6. The van der Waals surface area contributed by atoms with Gasteiger partial charge in [-0.3, -0.25) is 10.1 Å². The summed E-state index contributed by atoms with van der Waals surface area (Å²) >= 11 is 0. The molecule has 0 saturated carbocycles. The number of ether oxygens (including phenoxy) is 1. The normalized spacial score (nSPS) is 23.4. The maximum Gasteiger partial charge on any atom is 0.272 e. The molecule has 0 aromatic heterocycles. The predicted octanol–water partition coefficient (Wildman–Crippen LogP) is 2.86. The number of hydrogen-bond donors (Lipinski definition) is 0. The lowest BCUT2D eigenvalue weighted by Crippen LogP contribution is -2.27. The molecule has 1 aliphatic rings. The van der Waals surface area contributed by atoms with E-state index in [1.165, 1.54) is 0 Å². The molecule has 1 fully saturated rings. The lowest BCUT2D eigenvalue weighted by atomic mass is 10.1. The smallest absolute Gasteiger partial charge is 0.272 e. The topological polar surface area (TPSA) is 55.6 Å². The molecule has 2 atom stereocenters. The van der Waals surface area contributed by atoms with Gasteiger partial charge in [0.2, 0.25) is 0 Å². The van der Waals surface area contributed by atoms with Gasteiger partial charge in [-0.2, -0.15) is 0 Å². The summed E-state index contributed by atoms with van der Waals surface area (Å²) in [6, 6.07) is 5.22. The Labute approximate surface area is 107 Å². The van der Waals surface area contributed by atoms with Gasteiger partial charge in [-0.25, -0.2) is 0 Å². The molecule has 1 aliphatic heterocycles. The van der Waals surface area contributed by atoms with Crippen molar-refractivity contribution in [2.24, 2.45) is 0 Å². The van der Waals surface area contributed by atoms with Crippen LogP contribution in [0.5, 0.6) is 0 Å². The van der Waals surface area contributed by atoms with Crippen molar-refractivity contribution in [1.82, 2.24) is 0 Å². The van der Waals surface area contributed by atoms with E-state index in [0.29, 0.717) is 5.56 Å². The number of nitrogens with zero attached hydrogens (tertiary/aromatic N) is 2. The largest absolute Gasteiger partial charge is 0.354 e. The molecule has 0 spiro atoms. The molecule has 2 rings (SSSR count). The molecule has 1 aromatic rings. The molecule has 5 heteroatoms. The Balaban J connectivity index is 2.24. The minimum absolute atomic E-state index is 0.0239. The van der Waals surface area contributed by atoms with Gasteiger partial charge in [-0.15, -0.1) is 0 Å². The van der Waals surface area contributed by atoms with Crippen LogP contribution in [0.1, 0.15) is 25.8 Å². The molecule has 0 aliphatic carbocycles. The van der Waals surface area contributed by atoms with E-state index in [-0.39, 0.29) is 22.9 Å². The van der Waals surface area contributed by atoms with Gasteiger partial charge in [-0.1, -0.05) is 6.92 Å². The molecule has 0 amide bonds. The summed E-state index contributed by atoms with van der Waals surface area (Å²) in [6.45, 7) is 6.71. The first-order valence-corrected chi connectivity index (χ1v) is 6.20. The van der Waals surface area contributed by atoms with Crippen LogP contribution < -0.4 is 4.90 Å². The Bertz CT molecular complexity index is 462. The Morgan fingerprint density at radius 2 is 2.28 bits per heavy atom. The zero-order valence-electron chi connectivity index (χ0n) is 10.9. The van der Waals surface area contributed by atoms with Gasteiger partial charge < -0.3 is 9.64 Å². The number of hydrogen-bond acceptors (Lipinski definition) is 4. The average molecular weight is 250 g/mol. The van der Waals surface area contributed by atoms with E-state index in [0.717, 1.165) is 18.7 Å². The van der Waals surface area contributed by atoms with Gasteiger partial charge >= 0.3 is 0 Å². The van der Waals surface area contributed by atoms with Crippen LogP contribution in [0.25, 0.3) is 0 Å². The quantitative estimate of drug-likeness (QED) is 0.611. The molecule has 5 nitrogen and oxygen atoms in total. The molecule has 18 heavy (non-hydrogen) atoms. The van der Waals surface area contributed by atoms with Gasteiger partial charge in [0.15, 0.2) is 0 Å². The molecule has 0 unspecified atom stereocenters. The second kappa shape index (κ2) is 4.94. The van der Waals surface area contributed by atoms with Crippen LogP contribution in [0, 0.1) is 17.0 Å². The molecule has 0 bridgehead atoms. The van der Waals surface area contributed by atoms with Crippen molar-refractivity contribution in [3.63, 3.8) is 0 Å². The van der Waals surface area contributed by atoms with Crippen LogP contribution in [-0.2, 0) is 4.74 Å². The van der Waals surface area contributed by atoms with Gasteiger partial charge in [0.25, 0.3) is 5.69 Å².